The number of fused-ring (bicyclic) bond motifs is 5. The van der Waals surface area contributed by atoms with Gasteiger partial charge in [0, 0.05) is 29.7 Å². The molecule has 3 aliphatic heterocycles. The van der Waals surface area contributed by atoms with E-state index in [1.54, 1.807) is 12.1 Å². The topological polar surface area (TPSA) is 91.2 Å². The van der Waals surface area contributed by atoms with Crippen molar-refractivity contribution in [3.8, 4) is 5.75 Å². The van der Waals surface area contributed by atoms with Crippen LogP contribution in [0.15, 0.2) is 88.8 Å². The maximum atomic E-state index is 12.3. The summed E-state index contributed by atoms with van der Waals surface area (Å²) in [6, 6.07) is 26.8. The minimum Gasteiger partial charge on any atom is -0.459 e. The molecule has 3 heterocycles. The molecule has 0 aromatic heterocycles. The minimum atomic E-state index is -4.40. The van der Waals surface area contributed by atoms with Crippen molar-refractivity contribution in [2.24, 2.45) is 10.9 Å². The van der Waals surface area contributed by atoms with Gasteiger partial charge in [-0.1, -0.05) is 74.4 Å². The summed E-state index contributed by atoms with van der Waals surface area (Å²) in [7, 11) is -4.40. The molecular weight excluding hydrogens is 607 g/mol. The first-order valence-electron chi connectivity index (χ1n) is 17.1. The molecule has 7 nitrogen and oxygen atoms in total. The normalized spacial score (nSPS) is 26.8. The van der Waals surface area contributed by atoms with Crippen LogP contribution >= 0.6 is 0 Å². The second-order valence-electron chi connectivity index (χ2n) is 14.6. The van der Waals surface area contributed by atoms with Gasteiger partial charge in [-0.25, -0.2) is 0 Å². The summed E-state index contributed by atoms with van der Waals surface area (Å²) >= 11 is 0. The van der Waals surface area contributed by atoms with E-state index in [1.807, 2.05) is 12.3 Å². The first-order chi connectivity index (χ1) is 22.6. The molecular formula is C39H43N3O4S. The third-order valence-corrected chi connectivity index (χ3v) is 12.4. The van der Waals surface area contributed by atoms with Gasteiger partial charge in [0.1, 0.15) is 11.4 Å². The number of aliphatic imine (C=N–C) groups is 1. The second-order valence-corrected chi connectivity index (χ2v) is 16.0. The molecule has 8 heteroatoms. The summed E-state index contributed by atoms with van der Waals surface area (Å²) in [4.78, 5) is 7.34. The van der Waals surface area contributed by atoms with E-state index >= 15 is 0 Å². The second kappa shape index (κ2) is 11.2. The highest BCUT2D eigenvalue weighted by Crippen LogP contribution is 2.56. The maximum Gasteiger partial charge on any atom is 0.294 e. The number of ether oxygens (including phenoxy) is 1. The zero-order chi connectivity index (χ0) is 32.6. The van der Waals surface area contributed by atoms with Crippen LogP contribution in [0.1, 0.15) is 87.9 Å². The molecule has 4 aliphatic rings. The zero-order valence-electron chi connectivity index (χ0n) is 27.3. The Morgan fingerprint density at radius 2 is 1.70 bits per heavy atom. The zero-order valence-corrected chi connectivity index (χ0v) is 28.1. The van der Waals surface area contributed by atoms with Crippen LogP contribution in [-0.4, -0.2) is 37.5 Å². The number of hydrogen-bond donors (Lipinski definition) is 2. The smallest absolute Gasteiger partial charge is 0.294 e. The number of anilines is 1. The first-order valence-corrected chi connectivity index (χ1v) is 18.5. The molecule has 0 amide bonds. The van der Waals surface area contributed by atoms with Gasteiger partial charge in [-0.05, 0) is 97.7 Å². The highest BCUT2D eigenvalue weighted by molar-refractivity contribution is 7.85. The number of benzene rings is 4. The molecule has 4 aromatic carbocycles. The monoisotopic (exact) mass is 649 g/mol. The predicted molar refractivity (Wildman–Crippen MR) is 188 cm³/mol. The minimum absolute atomic E-state index is 0.122. The largest absolute Gasteiger partial charge is 0.459 e. The van der Waals surface area contributed by atoms with Crippen LogP contribution in [0, 0.1) is 5.92 Å². The molecule has 4 aromatic rings. The van der Waals surface area contributed by atoms with Crippen molar-refractivity contribution in [3.05, 3.63) is 95.6 Å². The van der Waals surface area contributed by atoms with Crippen LogP contribution < -0.4 is 15.0 Å². The fourth-order valence-corrected chi connectivity index (χ4v) is 9.38. The van der Waals surface area contributed by atoms with Crippen molar-refractivity contribution < 1.29 is 17.7 Å². The Kier molecular flexibility index (Phi) is 7.28. The predicted octanol–water partition coefficient (Wildman–Crippen LogP) is 8.46. The van der Waals surface area contributed by atoms with Crippen LogP contribution in [-0.2, 0) is 15.5 Å². The molecule has 1 saturated heterocycles. The summed E-state index contributed by atoms with van der Waals surface area (Å²) < 4.78 is 41.9. The Hall–Kier alpha value is -3.72. The van der Waals surface area contributed by atoms with Crippen LogP contribution in [0.3, 0.4) is 0 Å². The number of hydrogen-bond acceptors (Lipinski definition) is 6. The molecule has 0 bridgehead atoms. The molecule has 2 N–H and O–H groups in total. The Morgan fingerprint density at radius 3 is 2.49 bits per heavy atom. The molecule has 1 aliphatic carbocycles. The molecule has 5 unspecified atom stereocenters. The van der Waals surface area contributed by atoms with Crippen LogP contribution in [0.2, 0.25) is 0 Å². The highest BCUT2D eigenvalue weighted by atomic mass is 32.2. The maximum absolute atomic E-state index is 12.3. The van der Waals surface area contributed by atoms with Gasteiger partial charge in [-0.2, -0.15) is 8.42 Å². The number of rotatable bonds is 5. The molecule has 1 spiro atoms. The summed E-state index contributed by atoms with van der Waals surface area (Å²) in [5.74, 6) is 1.64. The van der Waals surface area contributed by atoms with Gasteiger partial charge < -0.3 is 15.0 Å². The van der Waals surface area contributed by atoms with Gasteiger partial charge in [0.25, 0.3) is 10.1 Å². The molecule has 8 rings (SSSR count). The molecule has 1 saturated carbocycles. The van der Waals surface area contributed by atoms with Crippen molar-refractivity contribution in [2.75, 3.05) is 11.4 Å². The molecule has 5 atom stereocenters. The van der Waals surface area contributed by atoms with Crippen molar-refractivity contribution in [3.63, 3.8) is 0 Å². The quantitative estimate of drug-likeness (QED) is 0.211. The Morgan fingerprint density at radius 1 is 0.957 bits per heavy atom. The highest BCUT2D eigenvalue weighted by Gasteiger charge is 2.60. The van der Waals surface area contributed by atoms with Gasteiger partial charge >= 0.3 is 0 Å². The van der Waals surface area contributed by atoms with Gasteiger partial charge in [-0.3, -0.25) is 9.55 Å². The molecule has 0 radical (unpaired) electrons. The molecule has 2 fully saturated rings. The average Bonchev–Trinajstić information content (AvgIpc) is 3.25. The Labute approximate surface area is 277 Å². The molecule has 47 heavy (non-hydrogen) atoms. The summed E-state index contributed by atoms with van der Waals surface area (Å²) in [5.41, 5.74) is 3.17. The van der Waals surface area contributed by atoms with Gasteiger partial charge in [0.2, 0.25) is 5.72 Å². The van der Waals surface area contributed by atoms with Crippen LogP contribution in [0.25, 0.3) is 10.8 Å². The lowest BCUT2D eigenvalue weighted by molar-refractivity contribution is 0.0766. The van der Waals surface area contributed by atoms with Crippen molar-refractivity contribution in [1.82, 2.24) is 5.32 Å². The number of piperidine rings is 1. The van der Waals surface area contributed by atoms with E-state index in [-0.39, 0.29) is 16.9 Å². The van der Waals surface area contributed by atoms with Crippen LogP contribution in [0.4, 0.5) is 11.4 Å². The van der Waals surface area contributed by atoms with E-state index in [0.717, 1.165) is 40.4 Å². The van der Waals surface area contributed by atoms with Crippen molar-refractivity contribution in [2.45, 2.75) is 93.3 Å². The Bertz CT molecular complexity index is 1990. The average molecular weight is 650 g/mol. The fraction of sp³-hybridized carbons (Fsp3) is 0.410. The first kappa shape index (κ1) is 30.6. The summed E-state index contributed by atoms with van der Waals surface area (Å²) in [6.07, 6.45) is 9.44. The third kappa shape index (κ3) is 4.90. The lowest BCUT2D eigenvalue weighted by Crippen LogP contribution is -2.62. The van der Waals surface area contributed by atoms with Crippen molar-refractivity contribution in [1.29, 1.82) is 0 Å². The van der Waals surface area contributed by atoms with E-state index < -0.39 is 21.3 Å². The number of nitrogens with one attached hydrogen (secondary N) is 1. The lowest BCUT2D eigenvalue weighted by Gasteiger charge is -2.47. The summed E-state index contributed by atoms with van der Waals surface area (Å²) in [6.45, 7) is 6.98. The summed E-state index contributed by atoms with van der Waals surface area (Å²) in [5, 5.41) is 6.33. The molecule has 244 valence electrons. The lowest BCUT2D eigenvalue weighted by atomic mass is 9.76. The van der Waals surface area contributed by atoms with Gasteiger partial charge in [-0.15, -0.1) is 0 Å². The van der Waals surface area contributed by atoms with Gasteiger partial charge in [0.05, 0.1) is 16.5 Å². The fourth-order valence-electron chi connectivity index (χ4n) is 8.88. The Balaban J connectivity index is 1.26. The van der Waals surface area contributed by atoms with E-state index in [2.05, 4.69) is 85.6 Å². The SMILES string of the molecule is CC(CN1c2ccc(S(=O)(=O)O)cc2C(C)(C)C12C=Nc1c(cc(C3CCC4CCCCC4N3)c3ccccc13)O2)c1ccccc1. The van der Waals surface area contributed by atoms with E-state index in [0.29, 0.717) is 12.6 Å². The standard InChI is InChI=1S/C39H43N3O4S/c1-25(26-11-5-4-6-12-26)23-42-35-20-18-28(47(43,44)45)21-32(35)38(2,3)39(42)24-40-37-30-15-9-8-14-29(30)31(22-36(37)46-39)34-19-17-27-13-7-10-16-33(27)41-34/h4-6,8-9,11-12,14-15,18,20-22,24-25,27,33-34,41H,7,10,13,16-17,19,23H2,1-3H3,(H,43,44,45). The third-order valence-electron chi connectivity index (χ3n) is 11.5. The number of nitrogens with zero attached hydrogens (tertiary/aromatic N) is 2. The van der Waals surface area contributed by atoms with E-state index in [9.17, 15) is 13.0 Å². The van der Waals surface area contributed by atoms with Crippen molar-refractivity contribution >= 4 is 38.5 Å². The van der Waals surface area contributed by atoms with E-state index in [1.165, 1.54) is 54.7 Å². The van der Waals surface area contributed by atoms with E-state index in [4.69, 9.17) is 9.73 Å². The van der Waals surface area contributed by atoms with Crippen LogP contribution in [0.5, 0.6) is 5.75 Å². The van der Waals surface area contributed by atoms with Gasteiger partial charge in [0.15, 0.2) is 0 Å².